The maximum Gasteiger partial charge on any atom is 0.145 e. The summed E-state index contributed by atoms with van der Waals surface area (Å²) < 4.78 is 0. The lowest BCUT2D eigenvalue weighted by Crippen LogP contribution is -2.20. The summed E-state index contributed by atoms with van der Waals surface area (Å²) in [6.07, 6.45) is 0. The Morgan fingerprint density at radius 2 is 2.38 bits per heavy atom. The van der Waals surface area contributed by atoms with Crippen molar-refractivity contribution in [1.82, 2.24) is 5.32 Å². The van der Waals surface area contributed by atoms with E-state index < -0.39 is 0 Å². The molecule has 0 aromatic carbocycles. The van der Waals surface area contributed by atoms with Crippen molar-refractivity contribution in [3.8, 4) is 0 Å². The van der Waals surface area contributed by atoms with Crippen LogP contribution in [0.4, 0.5) is 0 Å². The van der Waals surface area contributed by atoms with E-state index in [-0.39, 0.29) is 5.50 Å². The third-order valence-electron chi connectivity index (χ3n) is 0.584. The standard InChI is InChI=1S/C4H11N3S/c1-3(5)7-4(8)6-2/h4,6,8H,1-2H3,(H2,5,7). The molecule has 0 aliphatic heterocycles. The van der Waals surface area contributed by atoms with Gasteiger partial charge in [-0.2, -0.15) is 0 Å². The van der Waals surface area contributed by atoms with E-state index in [0.29, 0.717) is 5.84 Å². The Balaban J connectivity index is 3.51. The number of aliphatic imine (C=N–C) groups is 1. The third-order valence-corrected chi connectivity index (χ3v) is 0.958. The number of rotatable bonds is 2. The van der Waals surface area contributed by atoms with E-state index in [1.165, 1.54) is 0 Å². The van der Waals surface area contributed by atoms with Crippen LogP contribution < -0.4 is 11.1 Å². The van der Waals surface area contributed by atoms with Crippen molar-refractivity contribution in [1.29, 1.82) is 0 Å². The molecule has 0 aromatic heterocycles. The van der Waals surface area contributed by atoms with Crippen molar-refractivity contribution in [2.24, 2.45) is 10.7 Å². The number of amidine groups is 1. The minimum Gasteiger partial charge on any atom is -0.388 e. The predicted molar refractivity (Wildman–Crippen MR) is 39.1 cm³/mol. The molecule has 0 aromatic rings. The van der Waals surface area contributed by atoms with E-state index in [1.54, 1.807) is 14.0 Å². The molecule has 48 valence electrons. The minimum atomic E-state index is -0.167. The van der Waals surface area contributed by atoms with Gasteiger partial charge in [0.25, 0.3) is 0 Å². The number of thiol groups is 1. The molecule has 0 bridgehead atoms. The highest BCUT2D eigenvalue weighted by Gasteiger charge is 1.90. The minimum absolute atomic E-state index is 0.167. The summed E-state index contributed by atoms with van der Waals surface area (Å²) in [7, 11) is 1.77. The van der Waals surface area contributed by atoms with Gasteiger partial charge in [-0.15, -0.1) is 12.6 Å². The molecule has 3 nitrogen and oxygen atoms in total. The SMILES string of the molecule is CNC(S)N=C(C)N. The van der Waals surface area contributed by atoms with E-state index in [9.17, 15) is 0 Å². The van der Waals surface area contributed by atoms with Crippen molar-refractivity contribution in [2.45, 2.75) is 12.4 Å². The molecule has 0 fully saturated rings. The first-order valence-electron chi connectivity index (χ1n) is 2.32. The molecule has 0 rings (SSSR count). The highest BCUT2D eigenvalue weighted by Crippen LogP contribution is 1.87. The molecule has 0 spiro atoms. The molecular formula is C4H11N3S. The molecule has 0 saturated carbocycles. The van der Waals surface area contributed by atoms with Gasteiger partial charge in [0.15, 0.2) is 0 Å². The molecule has 0 heterocycles. The van der Waals surface area contributed by atoms with Crippen LogP contribution in [0.5, 0.6) is 0 Å². The topological polar surface area (TPSA) is 50.4 Å². The van der Waals surface area contributed by atoms with Crippen molar-refractivity contribution in [2.75, 3.05) is 7.05 Å². The second-order valence-corrected chi connectivity index (χ2v) is 1.92. The van der Waals surface area contributed by atoms with Crippen LogP contribution in [0.15, 0.2) is 4.99 Å². The Bertz CT molecular complexity index is 87.3. The zero-order valence-corrected chi connectivity index (χ0v) is 5.94. The molecular weight excluding hydrogens is 122 g/mol. The molecule has 0 radical (unpaired) electrons. The number of hydrogen-bond donors (Lipinski definition) is 3. The molecule has 4 heteroatoms. The fourth-order valence-corrected chi connectivity index (χ4v) is 0.440. The average molecular weight is 133 g/mol. The number of nitrogens with zero attached hydrogens (tertiary/aromatic N) is 1. The third kappa shape index (κ3) is 3.95. The van der Waals surface area contributed by atoms with Gasteiger partial charge in [-0.05, 0) is 14.0 Å². The van der Waals surface area contributed by atoms with Gasteiger partial charge in [-0.1, -0.05) is 0 Å². The van der Waals surface area contributed by atoms with Crippen molar-refractivity contribution < 1.29 is 0 Å². The second kappa shape index (κ2) is 3.74. The fraction of sp³-hybridized carbons (Fsp3) is 0.750. The van der Waals surface area contributed by atoms with E-state index in [1.807, 2.05) is 0 Å². The molecule has 0 aliphatic rings. The van der Waals surface area contributed by atoms with E-state index in [0.717, 1.165) is 0 Å². The lowest BCUT2D eigenvalue weighted by atomic mass is 10.7. The highest BCUT2D eigenvalue weighted by molar-refractivity contribution is 7.80. The molecule has 0 aliphatic carbocycles. The van der Waals surface area contributed by atoms with E-state index >= 15 is 0 Å². The largest absolute Gasteiger partial charge is 0.388 e. The van der Waals surface area contributed by atoms with Crippen LogP contribution in [0.3, 0.4) is 0 Å². The maximum atomic E-state index is 5.23. The van der Waals surface area contributed by atoms with Gasteiger partial charge in [0.05, 0.1) is 5.84 Å². The van der Waals surface area contributed by atoms with Gasteiger partial charge in [0.2, 0.25) is 0 Å². The normalized spacial score (nSPS) is 16.1. The van der Waals surface area contributed by atoms with Gasteiger partial charge >= 0.3 is 0 Å². The summed E-state index contributed by atoms with van der Waals surface area (Å²) in [6.45, 7) is 1.72. The smallest absolute Gasteiger partial charge is 0.145 e. The molecule has 1 unspecified atom stereocenters. The van der Waals surface area contributed by atoms with Gasteiger partial charge in [-0.25, -0.2) is 4.99 Å². The monoisotopic (exact) mass is 133 g/mol. The van der Waals surface area contributed by atoms with Gasteiger partial charge in [0.1, 0.15) is 5.50 Å². The van der Waals surface area contributed by atoms with Crippen LogP contribution in [0.2, 0.25) is 0 Å². The summed E-state index contributed by atoms with van der Waals surface area (Å²) in [5, 5.41) is 2.79. The molecule has 3 N–H and O–H groups in total. The van der Waals surface area contributed by atoms with E-state index in [2.05, 4.69) is 22.9 Å². The Hall–Kier alpha value is -0.220. The lowest BCUT2D eigenvalue weighted by molar-refractivity contribution is 0.781. The zero-order chi connectivity index (χ0) is 6.57. The second-order valence-electron chi connectivity index (χ2n) is 1.43. The van der Waals surface area contributed by atoms with Crippen LogP contribution in [0.25, 0.3) is 0 Å². The number of hydrogen-bond acceptors (Lipinski definition) is 3. The van der Waals surface area contributed by atoms with Crippen LogP contribution >= 0.6 is 12.6 Å². The van der Waals surface area contributed by atoms with Gasteiger partial charge in [0, 0.05) is 0 Å². The molecule has 0 amide bonds. The summed E-state index contributed by atoms with van der Waals surface area (Å²) in [6, 6.07) is 0. The Morgan fingerprint density at radius 3 is 2.50 bits per heavy atom. The maximum absolute atomic E-state index is 5.23. The van der Waals surface area contributed by atoms with Gasteiger partial charge in [-0.3, -0.25) is 5.32 Å². The van der Waals surface area contributed by atoms with Crippen molar-refractivity contribution in [3.05, 3.63) is 0 Å². The summed E-state index contributed by atoms with van der Waals surface area (Å²) in [5.74, 6) is 0.541. The first-order chi connectivity index (χ1) is 3.66. The first kappa shape index (κ1) is 7.78. The summed E-state index contributed by atoms with van der Waals surface area (Å²) >= 11 is 3.99. The van der Waals surface area contributed by atoms with Crippen molar-refractivity contribution >= 4 is 18.5 Å². The van der Waals surface area contributed by atoms with Gasteiger partial charge < -0.3 is 5.73 Å². The number of nitrogens with one attached hydrogen (secondary N) is 1. The van der Waals surface area contributed by atoms with Crippen LogP contribution in [0, 0.1) is 0 Å². The quantitative estimate of drug-likeness (QED) is 0.211. The van der Waals surface area contributed by atoms with E-state index in [4.69, 9.17) is 5.73 Å². The van der Waals surface area contributed by atoms with Crippen molar-refractivity contribution in [3.63, 3.8) is 0 Å². The Kier molecular flexibility index (Phi) is 3.64. The molecule has 1 atom stereocenters. The fourth-order valence-electron chi connectivity index (χ4n) is 0.257. The predicted octanol–water partition coefficient (Wildman–Crippen LogP) is -0.204. The highest BCUT2D eigenvalue weighted by atomic mass is 32.1. The summed E-state index contributed by atoms with van der Waals surface area (Å²) in [4.78, 5) is 3.84. The Morgan fingerprint density at radius 1 is 1.88 bits per heavy atom. The Labute approximate surface area is 54.8 Å². The van der Waals surface area contributed by atoms with Crippen LogP contribution in [-0.4, -0.2) is 18.4 Å². The number of nitrogens with two attached hydrogens (primary N) is 1. The summed E-state index contributed by atoms with van der Waals surface area (Å²) in [5.41, 5.74) is 5.06. The lowest BCUT2D eigenvalue weighted by Gasteiger charge is -2.01. The molecule has 8 heavy (non-hydrogen) atoms. The average Bonchev–Trinajstić information content (AvgIpc) is 1.65. The van der Waals surface area contributed by atoms with Crippen LogP contribution in [0.1, 0.15) is 6.92 Å². The van der Waals surface area contributed by atoms with Crippen LogP contribution in [-0.2, 0) is 0 Å². The first-order valence-corrected chi connectivity index (χ1v) is 2.83. The molecule has 0 saturated heterocycles. The zero-order valence-electron chi connectivity index (χ0n) is 5.05.